The number of fused-ring (bicyclic) bond motifs is 2. The van der Waals surface area contributed by atoms with Crippen LogP contribution in [0.2, 0.25) is 0 Å². The zero-order valence-corrected chi connectivity index (χ0v) is 21.0. The second-order valence-electron chi connectivity index (χ2n) is 8.98. The van der Waals surface area contributed by atoms with E-state index in [2.05, 4.69) is 12.6 Å². The van der Waals surface area contributed by atoms with Gasteiger partial charge in [-0.05, 0) is 36.6 Å². The zero-order valence-electron chi connectivity index (χ0n) is 20.1. The lowest BCUT2D eigenvalue weighted by Crippen LogP contribution is -2.41. The average molecular weight is 498 g/mol. The zero-order chi connectivity index (χ0) is 25.1. The first kappa shape index (κ1) is 24.0. The van der Waals surface area contributed by atoms with Crippen LogP contribution >= 0.6 is 11.3 Å². The van der Waals surface area contributed by atoms with Gasteiger partial charge in [0.1, 0.15) is 5.75 Å². The highest BCUT2D eigenvalue weighted by Crippen LogP contribution is 2.34. The van der Waals surface area contributed by atoms with Gasteiger partial charge in [0.15, 0.2) is 4.96 Å². The van der Waals surface area contributed by atoms with Gasteiger partial charge in [-0.3, -0.25) is 9.20 Å². The first-order valence-corrected chi connectivity index (χ1v) is 12.9. The van der Waals surface area contributed by atoms with Gasteiger partial charge < -0.3 is 9.47 Å². The number of para-hydroxylation sites is 1. The minimum Gasteiger partial charge on any atom is -0.496 e. The molecule has 2 aliphatic rings. The van der Waals surface area contributed by atoms with Crippen molar-refractivity contribution in [1.29, 1.82) is 5.26 Å². The van der Waals surface area contributed by atoms with E-state index < -0.39 is 0 Å². The number of hydrogen-bond acceptors (Lipinski definition) is 6. The summed E-state index contributed by atoms with van der Waals surface area (Å²) in [5.41, 5.74) is 3.35. The summed E-state index contributed by atoms with van der Waals surface area (Å²) in [4.78, 5) is 18.6. The number of thiazole rings is 1. The molecule has 3 heterocycles. The molecular weight excluding hydrogens is 470 g/mol. The Hall–Kier alpha value is -3.73. The number of nitriles is 1. The molecule has 2 unspecified atom stereocenters. The lowest BCUT2D eigenvalue weighted by atomic mass is 9.83. The molecule has 182 valence electrons. The molecule has 6 nitrogen and oxygen atoms in total. The monoisotopic (exact) mass is 497 g/mol. The van der Waals surface area contributed by atoms with Gasteiger partial charge in [-0.25, -0.2) is 4.98 Å². The van der Waals surface area contributed by atoms with E-state index in [1.807, 2.05) is 29.6 Å². The summed E-state index contributed by atoms with van der Waals surface area (Å²) in [5, 5.41) is 10.9. The first-order chi connectivity index (χ1) is 17.6. The summed E-state index contributed by atoms with van der Waals surface area (Å²) in [7, 11) is 1.60. The van der Waals surface area contributed by atoms with Crippen LogP contribution in [0.5, 0.6) is 5.75 Å². The summed E-state index contributed by atoms with van der Waals surface area (Å²) < 4.78 is 12.3. The smallest absolute Gasteiger partial charge is 0.267 e. The van der Waals surface area contributed by atoms with E-state index in [4.69, 9.17) is 19.7 Å². The van der Waals surface area contributed by atoms with Gasteiger partial charge >= 0.3 is 0 Å². The summed E-state index contributed by atoms with van der Waals surface area (Å²) in [5.74, 6) is 1.62. The van der Waals surface area contributed by atoms with Crippen molar-refractivity contribution < 1.29 is 9.47 Å². The van der Waals surface area contributed by atoms with Gasteiger partial charge in [0.2, 0.25) is 0 Å². The summed E-state index contributed by atoms with van der Waals surface area (Å²) in [6, 6.07) is 16.5. The number of hydrogen-bond donors (Lipinski definition) is 0. The van der Waals surface area contributed by atoms with Gasteiger partial charge in [0, 0.05) is 28.6 Å². The van der Waals surface area contributed by atoms with Crippen LogP contribution in [-0.4, -0.2) is 29.2 Å². The lowest BCUT2D eigenvalue weighted by molar-refractivity contribution is -0.133. The second kappa shape index (κ2) is 10.5. The van der Waals surface area contributed by atoms with Crippen molar-refractivity contribution in [3.63, 3.8) is 0 Å². The Morgan fingerprint density at radius 3 is 2.61 bits per heavy atom. The van der Waals surface area contributed by atoms with E-state index in [0.717, 1.165) is 18.1 Å². The largest absolute Gasteiger partial charge is 0.496 e. The van der Waals surface area contributed by atoms with Crippen LogP contribution in [0, 0.1) is 17.2 Å². The molecule has 2 aromatic carbocycles. The minimum atomic E-state index is -0.179. The second-order valence-corrected chi connectivity index (χ2v) is 9.85. The number of rotatable bonds is 4. The normalized spacial score (nSPS) is 18.2. The lowest BCUT2D eigenvalue weighted by Gasteiger charge is -2.40. The first-order valence-electron chi connectivity index (χ1n) is 12.1. The van der Waals surface area contributed by atoms with Crippen LogP contribution in [0.1, 0.15) is 42.5 Å². The van der Waals surface area contributed by atoms with E-state index in [9.17, 15) is 4.79 Å². The van der Waals surface area contributed by atoms with Gasteiger partial charge in [-0.2, -0.15) is 5.26 Å². The maximum absolute atomic E-state index is 13.2. The molecule has 1 saturated carbocycles. The van der Waals surface area contributed by atoms with Crippen molar-refractivity contribution in [2.75, 3.05) is 13.7 Å². The van der Waals surface area contributed by atoms with Gasteiger partial charge in [0.05, 0.1) is 42.7 Å². The Morgan fingerprint density at radius 2 is 1.97 bits per heavy atom. The van der Waals surface area contributed by atoms with Crippen LogP contribution in [-0.2, 0) is 4.74 Å². The number of benzene rings is 2. The predicted octanol–water partition coefficient (Wildman–Crippen LogP) is 5.94. The maximum atomic E-state index is 13.2. The van der Waals surface area contributed by atoms with E-state index in [-0.39, 0.29) is 5.56 Å². The fraction of sp³-hybridized carbons (Fsp3) is 0.276. The third-order valence-electron chi connectivity index (χ3n) is 6.85. The van der Waals surface area contributed by atoms with Crippen molar-refractivity contribution in [3.05, 3.63) is 93.9 Å². The van der Waals surface area contributed by atoms with E-state index in [0.29, 0.717) is 44.8 Å². The molecule has 0 amide bonds. The highest BCUT2D eigenvalue weighted by Gasteiger charge is 2.33. The number of methoxy groups -OCH3 is 1. The molecule has 6 rings (SSSR count). The molecule has 0 bridgehead atoms. The van der Waals surface area contributed by atoms with Crippen molar-refractivity contribution >= 4 is 21.9 Å². The Kier molecular flexibility index (Phi) is 6.99. The fourth-order valence-corrected chi connectivity index (χ4v) is 5.51. The molecule has 0 N–H and O–H groups in total. The minimum absolute atomic E-state index is 0.179. The summed E-state index contributed by atoms with van der Waals surface area (Å²) in [6.45, 7) is 5.28. The number of nitrogens with zero attached hydrogens (tertiary/aromatic N) is 3. The van der Waals surface area contributed by atoms with E-state index >= 15 is 0 Å². The SMILES string of the molecule is C1CCC2OCC2C1.C=C(c1ccccc1OC)c1nc2sccn2c(=O)c1-c1ccc(C#N)cc1. The predicted molar refractivity (Wildman–Crippen MR) is 142 cm³/mol. The van der Waals surface area contributed by atoms with Crippen LogP contribution < -0.4 is 10.3 Å². The van der Waals surface area contributed by atoms with E-state index in [1.54, 1.807) is 37.6 Å². The summed E-state index contributed by atoms with van der Waals surface area (Å²) in [6.07, 6.45) is 8.02. The third-order valence-corrected chi connectivity index (χ3v) is 7.61. The Labute approximate surface area is 214 Å². The Balaban J connectivity index is 0.000000280. The standard InChI is InChI=1S/C22H15N3O2S.C7H12O/c1-14(17-5-3-4-6-18(17)27-2)20-19(16-9-7-15(13-23)8-10-16)21(26)25-11-12-28-22(25)24-20;1-2-4-7-6(3-1)5-8-7/h3-12H,1H2,2H3;6-7H,1-5H2. The van der Waals surface area contributed by atoms with Crippen molar-refractivity contribution in [1.82, 2.24) is 9.38 Å². The van der Waals surface area contributed by atoms with Crippen LogP contribution in [0.4, 0.5) is 0 Å². The Morgan fingerprint density at radius 1 is 1.19 bits per heavy atom. The van der Waals surface area contributed by atoms with Gasteiger partial charge in [-0.15, -0.1) is 11.3 Å². The molecule has 7 heteroatoms. The van der Waals surface area contributed by atoms with Gasteiger partial charge in [0.25, 0.3) is 5.56 Å². The highest BCUT2D eigenvalue weighted by molar-refractivity contribution is 7.15. The van der Waals surface area contributed by atoms with Crippen molar-refractivity contribution in [2.45, 2.75) is 31.8 Å². The molecule has 2 fully saturated rings. The molecule has 1 aliphatic heterocycles. The average Bonchev–Trinajstić information content (AvgIpc) is 3.39. The topological polar surface area (TPSA) is 76.6 Å². The summed E-state index contributed by atoms with van der Waals surface area (Å²) >= 11 is 1.38. The van der Waals surface area contributed by atoms with Gasteiger partial charge in [-0.1, -0.05) is 49.8 Å². The quantitative estimate of drug-likeness (QED) is 0.349. The highest BCUT2D eigenvalue weighted by atomic mass is 32.1. The molecular formula is C29H27N3O3S. The van der Waals surface area contributed by atoms with Crippen LogP contribution in [0.15, 0.2) is 71.5 Å². The molecule has 2 atom stereocenters. The van der Waals surface area contributed by atoms with Crippen molar-refractivity contribution in [3.8, 4) is 22.9 Å². The van der Waals surface area contributed by atoms with E-state index in [1.165, 1.54) is 41.4 Å². The maximum Gasteiger partial charge on any atom is 0.267 e. The third kappa shape index (κ3) is 4.58. The fourth-order valence-electron chi connectivity index (χ4n) is 4.80. The number of aromatic nitrogens is 2. The molecule has 4 aromatic rings. The Bertz CT molecular complexity index is 1480. The molecule has 0 spiro atoms. The van der Waals surface area contributed by atoms with Crippen molar-refractivity contribution in [2.24, 2.45) is 5.92 Å². The van der Waals surface area contributed by atoms with Crippen LogP contribution in [0.3, 0.4) is 0 Å². The molecule has 2 aromatic heterocycles. The number of ether oxygens (including phenoxy) is 2. The van der Waals surface area contributed by atoms with Crippen LogP contribution in [0.25, 0.3) is 21.7 Å². The molecule has 1 saturated heterocycles. The molecule has 36 heavy (non-hydrogen) atoms. The molecule has 1 aliphatic carbocycles. The molecule has 0 radical (unpaired) electrons.